The monoisotopic (exact) mass is 255 g/mol. The molecule has 0 aliphatic heterocycles. The summed E-state index contributed by atoms with van der Waals surface area (Å²) in [6, 6.07) is 4.74. The zero-order valence-electron chi connectivity index (χ0n) is 9.63. The Morgan fingerprint density at radius 3 is 2.53 bits per heavy atom. The first-order chi connectivity index (χ1) is 8.08. The number of nitrogens with one attached hydrogen (secondary N) is 3. The molecule has 0 unspecified atom stereocenters. The maximum absolute atomic E-state index is 11.4. The predicted molar refractivity (Wildman–Crippen MR) is 67.4 cm³/mol. The molecule has 0 bridgehead atoms. The van der Waals surface area contributed by atoms with Crippen LogP contribution in [-0.4, -0.2) is 32.5 Å². The van der Waals surface area contributed by atoms with Gasteiger partial charge >= 0.3 is 0 Å². The highest BCUT2D eigenvalue weighted by Gasteiger charge is 2.09. The van der Waals surface area contributed by atoms with E-state index in [0.717, 1.165) is 0 Å². The lowest BCUT2D eigenvalue weighted by Gasteiger charge is -2.07. The second kappa shape index (κ2) is 6.22. The molecule has 92 valence electrons. The number of benzene rings is 1. The Morgan fingerprint density at radius 1 is 1.29 bits per heavy atom. The van der Waals surface area contributed by atoms with Crippen molar-refractivity contribution in [3.05, 3.63) is 28.8 Å². The van der Waals surface area contributed by atoms with Gasteiger partial charge < -0.3 is 16.0 Å². The molecule has 3 N–H and O–H groups in total. The molecule has 0 radical (unpaired) electrons. The van der Waals surface area contributed by atoms with Crippen LogP contribution >= 0.6 is 11.6 Å². The molecule has 0 aromatic heterocycles. The van der Waals surface area contributed by atoms with Gasteiger partial charge in [-0.2, -0.15) is 0 Å². The molecule has 6 heteroatoms. The molecule has 0 atom stereocenters. The van der Waals surface area contributed by atoms with Crippen molar-refractivity contribution in [2.75, 3.05) is 26.0 Å². The third-order valence-electron chi connectivity index (χ3n) is 2.06. The molecule has 1 aromatic carbocycles. The average molecular weight is 256 g/mol. The quantitative estimate of drug-likeness (QED) is 0.747. The number of carbonyl (C=O) groups excluding carboxylic acids is 2. The number of hydrogen-bond acceptors (Lipinski definition) is 3. The largest absolute Gasteiger partial charge is 0.355 e. The second-order valence-electron chi connectivity index (χ2n) is 3.35. The van der Waals surface area contributed by atoms with Crippen molar-refractivity contribution >= 4 is 29.1 Å². The maximum atomic E-state index is 11.4. The van der Waals surface area contributed by atoms with Crippen molar-refractivity contribution in [3.63, 3.8) is 0 Å². The third-order valence-corrected chi connectivity index (χ3v) is 2.37. The standard InChI is InChI=1S/C11H14ClN3O2/c1-13-6-10(16)15-7-3-4-8(9(12)5-7)11(17)14-2/h3-5,13H,6H2,1-2H3,(H,14,17)(H,15,16). The number of amides is 2. The summed E-state index contributed by atoms with van der Waals surface area (Å²) < 4.78 is 0. The Hall–Kier alpha value is -1.59. The molecule has 0 aliphatic rings. The zero-order chi connectivity index (χ0) is 12.8. The van der Waals surface area contributed by atoms with Gasteiger partial charge in [-0.3, -0.25) is 9.59 Å². The van der Waals surface area contributed by atoms with Crippen molar-refractivity contribution in [3.8, 4) is 0 Å². The number of halogens is 1. The molecule has 0 saturated carbocycles. The highest BCUT2D eigenvalue weighted by Crippen LogP contribution is 2.20. The highest BCUT2D eigenvalue weighted by atomic mass is 35.5. The molecule has 2 amide bonds. The molecule has 0 heterocycles. The summed E-state index contributed by atoms with van der Waals surface area (Å²) in [6.45, 7) is 0.217. The van der Waals surface area contributed by atoms with Crippen LogP contribution in [0, 0.1) is 0 Å². The first-order valence-corrected chi connectivity index (χ1v) is 5.42. The van der Waals surface area contributed by atoms with Gasteiger partial charge in [0, 0.05) is 12.7 Å². The van der Waals surface area contributed by atoms with E-state index < -0.39 is 0 Å². The van der Waals surface area contributed by atoms with Crippen LogP contribution in [-0.2, 0) is 4.79 Å². The van der Waals surface area contributed by atoms with Gasteiger partial charge in [0.2, 0.25) is 5.91 Å². The van der Waals surface area contributed by atoms with Gasteiger partial charge in [-0.05, 0) is 25.2 Å². The molecule has 0 spiro atoms. The Morgan fingerprint density at radius 2 is 2.00 bits per heavy atom. The molecule has 0 aliphatic carbocycles. The smallest absolute Gasteiger partial charge is 0.252 e. The Kier molecular flexibility index (Phi) is 4.93. The number of hydrogen-bond donors (Lipinski definition) is 3. The second-order valence-corrected chi connectivity index (χ2v) is 3.76. The van der Waals surface area contributed by atoms with Crippen molar-refractivity contribution in [1.82, 2.24) is 10.6 Å². The minimum atomic E-state index is -0.261. The van der Waals surface area contributed by atoms with E-state index in [-0.39, 0.29) is 18.4 Å². The van der Waals surface area contributed by atoms with Gasteiger partial charge in [0.05, 0.1) is 17.1 Å². The van der Waals surface area contributed by atoms with E-state index in [1.807, 2.05) is 0 Å². The van der Waals surface area contributed by atoms with Crippen LogP contribution in [0.2, 0.25) is 5.02 Å². The maximum Gasteiger partial charge on any atom is 0.252 e. The molecule has 0 saturated heterocycles. The number of carbonyl (C=O) groups is 2. The Balaban J connectivity index is 2.82. The molecular formula is C11H14ClN3O2. The normalized spacial score (nSPS) is 9.82. The first-order valence-electron chi connectivity index (χ1n) is 5.04. The van der Waals surface area contributed by atoms with Crippen LogP contribution in [0.4, 0.5) is 5.69 Å². The molecule has 1 aromatic rings. The van der Waals surface area contributed by atoms with Crippen LogP contribution < -0.4 is 16.0 Å². The van der Waals surface area contributed by atoms with Crippen molar-refractivity contribution in [2.24, 2.45) is 0 Å². The van der Waals surface area contributed by atoms with E-state index in [1.54, 1.807) is 25.2 Å². The molecular weight excluding hydrogens is 242 g/mol. The van der Waals surface area contributed by atoms with E-state index in [9.17, 15) is 9.59 Å². The number of likely N-dealkylation sites (N-methyl/N-ethyl adjacent to an activating group) is 1. The predicted octanol–water partition coefficient (Wildman–Crippen LogP) is 0.857. The summed E-state index contributed by atoms with van der Waals surface area (Å²) in [5, 5.41) is 8.16. The van der Waals surface area contributed by atoms with Crippen LogP contribution in [0.3, 0.4) is 0 Å². The summed E-state index contributed by atoms with van der Waals surface area (Å²) in [5.74, 6) is -0.431. The van der Waals surface area contributed by atoms with Crippen LogP contribution in [0.25, 0.3) is 0 Å². The average Bonchev–Trinajstić information content (AvgIpc) is 2.28. The van der Waals surface area contributed by atoms with Crippen molar-refractivity contribution < 1.29 is 9.59 Å². The molecule has 17 heavy (non-hydrogen) atoms. The molecule has 5 nitrogen and oxygen atoms in total. The fourth-order valence-electron chi connectivity index (χ4n) is 1.28. The summed E-state index contributed by atoms with van der Waals surface area (Å²) in [5.41, 5.74) is 0.934. The van der Waals surface area contributed by atoms with E-state index in [1.165, 1.54) is 7.05 Å². The number of rotatable bonds is 4. The van der Waals surface area contributed by atoms with Crippen LogP contribution in [0.5, 0.6) is 0 Å². The van der Waals surface area contributed by atoms with Gasteiger partial charge in [0.1, 0.15) is 0 Å². The Labute approximate surface area is 105 Å². The zero-order valence-corrected chi connectivity index (χ0v) is 10.4. The lowest BCUT2D eigenvalue weighted by Crippen LogP contribution is -2.25. The first kappa shape index (κ1) is 13.5. The van der Waals surface area contributed by atoms with Crippen molar-refractivity contribution in [1.29, 1.82) is 0 Å². The van der Waals surface area contributed by atoms with Crippen molar-refractivity contribution in [2.45, 2.75) is 0 Å². The van der Waals surface area contributed by atoms with Gasteiger partial charge in [-0.15, -0.1) is 0 Å². The van der Waals surface area contributed by atoms with Crippen LogP contribution in [0.1, 0.15) is 10.4 Å². The highest BCUT2D eigenvalue weighted by molar-refractivity contribution is 6.34. The van der Waals surface area contributed by atoms with E-state index in [2.05, 4.69) is 16.0 Å². The minimum absolute atomic E-state index is 0.170. The van der Waals surface area contributed by atoms with E-state index in [4.69, 9.17) is 11.6 Å². The Bertz CT molecular complexity index is 435. The topological polar surface area (TPSA) is 70.2 Å². The van der Waals surface area contributed by atoms with Gasteiger partial charge in [0.15, 0.2) is 0 Å². The fourth-order valence-corrected chi connectivity index (χ4v) is 1.54. The van der Waals surface area contributed by atoms with E-state index >= 15 is 0 Å². The summed E-state index contributed by atoms with van der Waals surface area (Å²) >= 11 is 5.94. The fraction of sp³-hybridized carbons (Fsp3) is 0.273. The van der Waals surface area contributed by atoms with Gasteiger partial charge in [-0.1, -0.05) is 11.6 Å². The number of anilines is 1. The third kappa shape index (κ3) is 3.72. The lowest BCUT2D eigenvalue weighted by atomic mass is 10.2. The lowest BCUT2D eigenvalue weighted by molar-refractivity contribution is -0.115. The van der Waals surface area contributed by atoms with E-state index in [0.29, 0.717) is 16.3 Å². The molecule has 0 fully saturated rings. The molecule has 1 rings (SSSR count). The van der Waals surface area contributed by atoms with Crippen LogP contribution in [0.15, 0.2) is 18.2 Å². The summed E-state index contributed by atoms with van der Waals surface area (Å²) in [6.07, 6.45) is 0. The summed E-state index contributed by atoms with van der Waals surface area (Å²) in [7, 11) is 3.21. The van der Waals surface area contributed by atoms with Gasteiger partial charge in [0.25, 0.3) is 5.91 Å². The van der Waals surface area contributed by atoms with Gasteiger partial charge in [-0.25, -0.2) is 0 Å². The SMILES string of the molecule is CNCC(=O)Nc1ccc(C(=O)NC)c(Cl)c1. The minimum Gasteiger partial charge on any atom is -0.355 e. The summed E-state index contributed by atoms with van der Waals surface area (Å²) in [4.78, 5) is 22.7.